The largest absolute Gasteiger partial charge is 0.432 e. The van der Waals surface area contributed by atoms with E-state index >= 15 is 0 Å². The van der Waals surface area contributed by atoms with Gasteiger partial charge in [0.05, 0.1) is 11.1 Å². The van der Waals surface area contributed by atoms with E-state index in [2.05, 4.69) is 0 Å². The Morgan fingerprint density at radius 3 is 1.29 bits per heavy atom. The predicted octanol–water partition coefficient (Wildman–Crippen LogP) is 1.94. The highest BCUT2D eigenvalue weighted by molar-refractivity contribution is 6.13. The van der Waals surface area contributed by atoms with Gasteiger partial charge in [-0.05, 0) is 17.7 Å². The van der Waals surface area contributed by atoms with Gasteiger partial charge < -0.3 is 10.0 Å². The van der Waals surface area contributed by atoms with E-state index in [1.54, 1.807) is 0 Å². The lowest BCUT2D eigenvalue weighted by Crippen LogP contribution is -2.21. The van der Waals surface area contributed by atoms with Crippen molar-refractivity contribution in [2.75, 3.05) is 0 Å². The third-order valence-electron chi connectivity index (χ3n) is 2.04. The summed E-state index contributed by atoms with van der Waals surface area (Å²) in [6.07, 6.45) is -9.38. The second kappa shape index (κ2) is 4.23. The molecule has 0 saturated carbocycles. The minimum atomic E-state index is -4.69. The summed E-state index contributed by atoms with van der Waals surface area (Å²) in [5.41, 5.74) is -3.01. The molecule has 17 heavy (non-hydrogen) atoms. The maximum absolute atomic E-state index is 12.0. The Morgan fingerprint density at radius 2 is 1.12 bits per heavy atom. The Morgan fingerprint density at radius 1 is 0.824 bits per heavy atom. The van der Waals surface area contributed by atoms with E-state index in [4.69, 9.17) is 10.0 Å². The lowest BCUT2D eigenvalue weighted by Gasteiger charge is -2.28. The van der Waals surface area contributed by atoms with Crippen molar-refractivity contribution in [3.05, 3.63) is 23.3 Å². The predicted molar refractivity (Wildman–Crippen MR) is 47.0 cm³/mol. The molecule has 0 saturated heterocycles. The smallest absolute Gasteiger partial charge is 0.430 e. The van der Waals surface area contributed by atoms with Gasteiger partial charge in [-0.1, -0.05) is 0 Å². The van der Waals surface area contributed by atoms with E-state index < -0.39 is 36.7 Å². The van der Waals surface area contributed by atoms with E-state index in [0.29, 0.717) is 12.1 Å². The Bertz CT molecular complexity index is 390. The Hall–Kier alpha value is -1.22. The number of hydrogen-bond donors (Lipinski definition) is 2. The highest BCUT2D eigenvalue weighted by Crippen LogP contribution is 2.53. The van der Waals surface area contributed by atoms with Crippen molar-refractivity contribution in [3.8, 4) is 11.1 Å². The first-order valence-electron chi connectivity index (χ1n) is 4.17. The topological polar surface area (TPSA) is 40.5 Å². The van der Waals surface area contributed by atoms with Crippen LogP contribution in [0.2, 0.25) is 0 Å². The molecular formula is C8H5BF6O2. The number of rotatable bonds is 0. The first-order valence-corrected chi connectivity index (χ1v) is 4.17. The van der Waals surface area contributed by atoms with Gasteiger partial charge in [-0.25, -0.2) is 0 Å². The Kier molecular flexibility index (Phi) is 3.44. The van der Waals surface area contributed by atoms with Crippen molar-refractivity contribution >= 4 is 7.69 Å². The molecule has 9 heteroatoms. The molecule has 0 heterocycles. The average molecular weight is 258 g/mol. The van der Waals surface area contributed by atoms with E-state index in [1.807, 2.05) is 0 Å². The molecule has 2 rings (SSSR count). The van der Waals surface area contributed by atoms with Gasteiger partial charge in [-0.2, -0.15) is 26.3 Å². The molecule has 94 valence electrons. The van der Waals surface area contributed by atoms with Crippen molar-refractivity contribution in [2.24, 2.45) is 0 Å². The molecule has 2 N–H and O–H groups in total. The number of fused-ring (bicyclic) bond motifs is 1. The lowest BCUT2D eigenvalue weighted by molar-refractivity contribution is -0.143. The molecule has 2 aliphatic carbocycles. The zero-order valence-electron chi connectivity index (χ0n) is 8.02. The van der Waals surface area contributed by atoms with Gasteiger partial charge >= 0.3 is 20.0 Å². The van der Waals surface area contributed by atoms with Crippen molar-refractivity contribution in [1.82, 2.24) is 0 Å². The molecule has 0 aliphatic heterocycles. The van der Waals surface area contributed by atoms with Crippen LogP contribution in [0, 0.1) is 0 Å². The normalized spacial score (nSPS) is 12.7. The molecule has 0 atom stereocenters. The second-order valence-electron chi connectivity index (χ2n) is 3.08. The highest BCUT2D eigenvalue weighted by atomic mass is 19.4. The van der Waals surface area contributed by atoms with Gasteiger partial charge in [0.1, 0.15) is 0 Å². The van der Waals surface area contributed by atoms with Gasteiger partial charge in [-0.3, -0.25) is 0 Å². The first kappa shape index (κ1) is 13.8. The third-order valence-corrected chi connectivity index (χ3v) is 2.04. The maximum Gasteiger partial charge on any atom is 0.432 e. The molecule has 2 aliphatic rings. The minimum Gasteiger partial charge on any atom is -0.430 e. The summed E-state index contributed by atoms with van der Waals surface area (Å²) in [6, 6.07) is 1.43. The van der Waals surface area contributed by atoms with Crippen LogP contribution in [0.5, 0.6) is 0 Å². The first-order chi connectivity index (χ1) is 7.62. The van der Waals surface area contributed by atoms with Crippen LogP contribution in [-0.4, -0.2) is 17.7 Å². The summed E-state index contributed by atoms with van der Waals surface area (Å²) < 4.78 is 72.1. The quantitative estimate of drug-likeness (QED) is 0.560. The van der Waals surface area contributed by atoms with Gasteiger partial charge in [0.2, 0.25) is 0 Å². The molecular weight excluding hydrogens is 253 g/mol. The number of hydrogen-bond acceptors (Lipinski definition) is 2. The molecule has 0 amide bonds. The molecule has 0 radical (unpaired) electrons. The van der Waals surface area contributed by atoms with Gasteiger partial charge in [0.15, 0.2) is 0 Å². The fourth-order valence-electron chi connectivity index (χ4n) is 1.39. The van der Waals surface area contributed by atoms with Crippen LogP contribution < -0.4 is 0 Å². The van der Waals surface area contributed by atoms with Crippen LogP contribution in [0.25, 0.3) is 11.1 Å². The summed E-state index contributed by atoms with van der Waals surface area (Å²) in [6.45, 7) is 0. The summed E-state index contributed by atoms with van der Waals surface area (Å²) in [4.78, 5) is 0. The molecule has 0 aromatic rings. The van der Waals surface area contributed by atoms with Crippen LogP contribution in [0.15, 0.2) is 12.1 Å². The van der Waals surface area contributed by atoms with Crippen LogP contribution >= 0.6 is 0 Å². The standard InChI is InChI=1S/C8H2F6.BH3O2/c9-7(10,11)4-1-3-2-5(6(3)4)8(12,13)14;2-1-3/h1-2H;1-3H. The average Bonchev–Trinajstić information content (AvgIpc) is 2.06. The van der Waals surface area contributed by atoms with Gasteiger partial charge in [-0.15, -0.1) is 0 Å². The molecule has 0 aromatic heterocycles. The number of alkyl halides is 6. The third kappa shape index (κ3) is 2.55. The monoisotopic (exact) mass is 258 g/mol. The Balaban J connectivity index is 0.000000437. The zero-order chi connectivity index (χ0) is 13.4. The van der Waals surface area contributed by atoms with Crippen LogP contribution in [-0.2, 0) is 12.4 Å². The molecule has 0 bridgehead atoms. The minimum absolute atomic E-state index is 0.0321. The van der Waals surface area contributed by atoms with Crippen molar-refractivity contribution in [3.63, 3.8) is 0 Å². The van der Waals surface area contributed by atoms with Gasteiger partial charge in [0.25, 0.3) is 0 Å². The highest BCUT2D eigenvalue weighted by Gasteiger charge is 2.47. The molecule has 0 fully saturated rings. The van der Waals surface area contributed by atoms with Crippen LogP contribution in [0.1, 0.15) is 11.1 Å². The fourth-order valence-corrected chi connectivity index (χ4v) is 1.39. The molecule has 0 aromatic carbocycles. The summed E-state index contributed by atoms with van der Waals surface area (Å²) in [5, 5.41) is 14.2. The SMILES string of the molecule is FC(F)(F)c1cc2cc(C(F)(F)F)c1-2.OBO. The molecule has 0 unspecified atom stereocenters. The lowest BCUT2D eigenvalue weighted by atomic mass is 9.80. The number of benzene rings is 1. The van der Waals surface area contributed by atoms with Crippen molar-refractivity contribution < 1.29 is 36.4 Å². The maximum atomic E-state index is 12.0. The molecule has 0 spiro atoms. The van der Waals surface area contributed by atoms with Crippen LogP contribution in [0.3, 0.4) is 0 Å². The van der Waals surface area contributed by atoms with E-state index in [0.717, 1.165) is 0 Å². The van der Waals surface area contributed by atoms with Crippen molar-refractivity contribution in [1.29, 1.82) is 0 Å². The zero-order valence-corrected chi connectivity index (χ0v) is 8.02. The van der Waals surface area contributed by atoms with Crippen LogP contribution in [0.4, 0.5) is 26.3 Å². The van der Waals surface area contributed by atoms with E-state index in [1.165, 1.54) is 0 Å². The summed E-state index contributed by atoms with van der Waals surface area (Å²) >= 11 is 0. The second-order valence-corrected chi connectivity index (χ2v) is 3.08. The Labute approximate surface area is 91.8 Å². The van der Waals surface area contributed by atoms with Gasteiger partial charge in [0, 0.05) is 5.56 Å². The molecule has 2 nitrogen and oxygen atoms in total. The summed E-state index contributed by atoms with van der Waals surface area (Å²) in [5.74, 6) is 0. The van der Waals surface area contributed by atoms with Crippen molar-refractivity contribution in [2.45, 2.75) is 12.4 Å². The van der Waals surface area contributed by atoms with E-state index in [9.17, 15) is 26.3 Å². The van der Waals surface area contributed by atoms with E-state index in [-0.39, 0.29) is 5.56 Å². The number of halogens is 6. The summed E-state index contributed by atoms with van der Waals surface area (Å²) in [7, 11) is -0.750. The fraction of sp³-hybridized carbons (Fsp3) is 0.250.